The number of carbonyl (C=O) groups excluding carboxylic acids is 1. The number of allylic oxidation sites excluding steroid dienone is 1. The lowest BCUT2D eigenvalue weighted by atomic mass is 9.87. The second-order valence-electron chi connectivity index (χ2n) is 11.3. The fourth-order valence-corrected chi connectivity index (χ4v) is 5.12. The minimum atomic E-state index is -4.55. The molecule has 2 fully saturated rings. The molecule has 2 aliphatic rings. The maximum absolute atomic E-state index is 14.0. The van der Waals surface area contributed by atoms with E-state index in [1.54, 1.807) is 53.4 Å². The van der Waals surface area contributed by atoms with Gasteiger partial charge < -0.3 is 25.8 Å². The standard InChI is InChI=1S/C33H33F4N5O3/c34-31(39)25-15-22(8-10-27(25)38)30(26(16-33(35,36)37)21-5-2-1-3-6-21)23-9-11-28(40-17-23)45-20-32(12-13-32)41-14-4-7-29(44)42-18-24(43)19-42/h1-11,15,17,24,39,41,43H,12-14,16,18-20,38H2/b7-4+,30-26-,39-31?. The first kappa shape index (κ1) is 31.9. The molecule has 45 heavy (non-hydrogen) atoms. The van der Waals surface area contributed by atoms with Crippen molar-refractivity contribution in [2.24, 2.45) is 0 Å². The van der Waals surface area contributed by atoms with Gasteiger partial charge in [-0.1, -0.05) is 42.5 Å². The predicted octanol–water partition coefficient (Wildman–Crippen LogP) is 5.13. The highest BCUT2D eigenvalue weighted by molar-refractivity contribution is 6.02. The van der Waals surface area contributed by atoms with Crippen LogP contribution >= 0.6 is 0 Å². The maximum Gasteiger partial charge on any atom is 0.393 e. The molecule has 3 aromatic rings. The summed E-state index contributed by atoms with van der Waals surface area (Å²) in [5, 5.41) is 20.2. The van der Waals surface area contributed by atoms with Crippen LogP contribution in [0.5, 0.6) is 5.88 Å². The van der Waals surface area contributed by atoms with Gasteiger partial charge >= 0.3 is 6.18 Å². The van der Waals surface area contributed by atoms with E-state index in [-0.39, 0.29) is 45.3 Å². The Hall–Kier alpha value is -4.55. The van der Waals surface area contributed by atoms with Gasteiger partial charge in [-0.2, -0.15) is 17.6 Å². The Labute approximate surface area is 257 Å². The average Bonchev–Trinajstić information content (AvgIpc) is 3.77. The number of anilines is 1. The predicted molar refractivity (Wildman–Crippen MR) is 163 cm³/mol. The third-order valence-corrected chi connectivity index (χ3v) is 7.78. The van der Waals surface area contributed by atoms with E-state index in [0.717, 1.165) is 12.8 Å². The third-order valence-electron chi connectivity index (χ3n) is 7.78. The van der Waals surface area contributed by atoms with Gasteiger partial charge in [-0.25, -0.2) is 4.98 Å². The molecule has 0 spiro atoms. The Morgan fingerprint density at radius 2 is 1.82 bits per heavy atom. The molecule has 5 rings (SSSR count). The number of hydrogen-bond donors (Lipinski definition) is 4. The van der Waals surface area contributed by atoms with Crippen molar-refractivity contribution < 1.29 is 32.2 Å². The Morgan fingerprint density at radius 1 is 1.11 bits per heavy atom. The zero-order valence-electron chi connectivity index (χ0n) is 24.3. The zero-order valence-corrected chi connectivity index (χ0v) is 24.3. The highest BCUT2D eigenvalue weighted by Gasteiger charge is 2.43. The van der Waals surface area contributed by atoms with Gasteiger partial charge in [-0.05, 0) is 53.3 Å². The number of rotatable bonds is 12. The topological polar surface area (TPSA) is 125 Å². The second-order valence-corrected chi connectivity index (χ2v) is 11.3. The number of nitrogens with zero attached hydrogens (tertiary/aromatic N) is 2. The van der Waals surface area contributed by atoms with Crippen LogP contribution in [0.3, 0.4) is 0 Å². The van der Waals surface area contributed by atoms with Crippen LogP contribution in [0.2, 0.25) is 0 Å². The summed E-state index contributed by atoms with van der Waals surface area (Å²) >= 11 is 0. The van der Waals surface area contributed by atoms with Crippen molar-refractivity contribution in [1.82, 2.24) is 15.2 Å². The molecular formula is C33H33F4N5O3. The van der Waals surface area contributed by atoms with Gasteiger partial charge in [0.1, 0.15) is 6.61 Å². The third kappa shape index (κ3) is 8.14. The van der Waals surface area contributed by atoms with Crippen LogP contribution in [0.1, 0.15) is 41.5 Å². The van der Waals surface area contributed by atoms with Gasteiger partial charge in [0.15, 0.2) is 0 Å². The summed E-state index contributed by atoms with van der Waals surface area (Å²) in [4.78, 5) is 17.9. The molecule has 5 N–H and O–H groups in total. The monoisotopic (exact) mass is 623 g/mol. The van der Waals surface area contributed by atoms with Crippen LogP contribution in [-0.4, -0.2) is 70.9 Å². The average molecular weight is 624 g/mol. The number of likely N-dealkylation sites (tertiary alicyclic amines) is 1. The minimum absolute atomic E-state index is 0.00904. The largest absolute Gasteiger partial charge is 0.476 e. The Morgan fingerprint density at radius 3 is 2.42 bits per heavy atom. The first-order chi connectivity index (χ1) is 21.4. The fourth-order valence-electron chi connectivity index (χ4n) is 5.12. The number of nitrogens with one attached hydrogen (secondary N) is 2. The van der Waals surface area contributed by atoms with E-state index in [4.69, 9.17) is 15.9 Å². The molecule has 12 heteroatoms. The minimum Gasteiger partial charge on any atom is -0.476 e. The van der Waals surface area contributed by atoms with Crippen molar-refractivity contribution in [2.45, 2.75) is 37.1 Å². The molecular weight excluding hydrogens is 590 g/mol. The van der Waals surface area contributed by atoms with Crippen LogP contribution < -0.4 is 15.8 Å². The summed E-state index contributed by atoms with van der Waals surface area (Å²) in [6.45, 7) is 1.44. The van der Waals surface area contributed by atoms with E-state index < -0.39 is 24.7 Å². The van der Waals surface area contributed by atoms with Crippen molar-refractivity contribution in [2.75, 3.05) is 32.0 Å². The number of carbonyl (C=O) groups is 1. The van der Waals surface area contributed by atoms with Crippen LogP contribution in [0.4, 0.5) is 23.2 Å². The summed E-state index contributed by atoms with van der Waals surface area (Å²) in [5.41, 5.74) is 6.39. The number of ether oxygens (including phenoxy) is 1. The Bertz CT molecular complexity index is 1600. The molecule has 1 aliphatic carbocycles. The van der Waals surface area contributed by atoms with E-state index in [2.05, 4.69) is 10.3 Å². The summed E-state index contributed by atoms with van der Waals surface area (Å²) in [6, 6.07) is 15.4. The molecule has 1 saturated heterocycles. The van der Waals surface area contributed by atoms with Crippen LogP contribution in [-0.2, 0) is 4.79 Å². The number of aliphatic hydroxyl groups is 1. The molecule has 0 atom stereocenters. The zero-order chi connectivity index (χ0) is 32.2. The quantitative estimate of drug-likeness (QED) is 0.0729. The Kier molecular flexibility index (Phi) is 9.35. The Balaban J connectivity index is 1.36. The van der Waals surface area contributed by atoms with Gasteiger partial charge in [0.25, 0.3) is 0 Å². The van der Waals surface area contributed by atoms with E-state index in [0.29, 0.717) is 37.4 Å². The van der Waals surface area contributed by atoms with Crippen LogP contribution in [0, 0.1) is 5.41 Å². The molecule has 0 radical (unpaired) electrons. The summed E-state index contributed by atoms with van der Waals surface area (Å²) < 4.78 is 61.7. The molecule has 1 aromatic heterocycles. The van der Waals surface area contributed by atoms with E-state index >= 15 is 0 Å². The van der Waals surface area contributed by atoms with Crippen LogP contribution in [0.15, 0.2) is 79.0 Å². The molecule has 236 valence electrons. The van der Waals surface area contributed by atoms with E-state index in [9.17, 15) is 27.5 Å². The first-order valence-corrected chi connectivity index (χ1v) is 14.4. The van der Waals surface area contributed by atoms with Crippen molar-refractivity contribution in [3.8, 4) is 5.88 Å². The lowest BCUT2D eigenvalue weighted by molar-refractivity contribution is -0.135. The van der Waals surface area contributed by atoms with E-state index in [1.807, 2.05) is 0 Å². The maximum atomic E-state index is 14.0. The van der Waals surface area contributed by atoms with Crippen molar-refractivity contribution >= 4 is 28.7 Å². The molecule has 0 unspecified atom stereocenters. The smallest absolute Gasteiger partial charge is 0.393 e. The number of benzene rings is 2. The van der Waals surface area contributed by atoms with Crippen molar-refractivity contribution in [1.29, 1.82) is 5.41 Å². The lowest BCUT2D eigenvalue weighted by Crippen LogP contribution is -2.53. The lowest BCUT2D eigenvalue weighted by Gasteiger charge is -2.34. The number of β-amino-alcohol motifs (C(OH)–C–C–N with tert-alkyl or cyclic N) is 1. The van der Waals surface area contributed by atoms with Gasteiger partial charge in [0.2, 0.25) is 17.8 Å². The number of nitrogen functional groups attached to an aromatic ring is 1. The SMILES string of the molecule is N=C(F)c1cc(/C(=C(\CC(F)(F)F)c2ccccc2)c2ccc(OCC3(NC/C=C/C(=O)N4CC(O)C4)CC3)nc2)ccc1N. The highest BCUT2D eigenvalue weighted by Crippen LogP contribution is 2.40. The molecule has 1 aliphatic heterocycles. The van der Waals surface area contributed by atoms with Crippen LogP contribution in [0.25, 0.3) is 11.1 Å². The molecule has 1 saturated carbocycles. The summed E-state index contributed by atoms with van der Waals surface area (Å²) in [5.74, 6) is -1.17. The van der Waals surface area contributed by atoms with Gasteiger partial charge in [0.05, 0.1) is 23.6 Å². The van der Waals surface area contributed by atoms with Gasteiger partial charge in [-0.3, -0.25) is 10.2 Å². The van der Waals surface area contributed by atoms with Gasteiger partial charge in [-0.15, -0.1) is 0 Å². The summed E-state index contributed by atoms with van der Waals surface area (Å²) in [6.07, 6.45) is 0.0716. The normalized spacial score (nSPS) is 16.7. The number of pyridine rings is 1. The number of hydrogen-bond acceptors (Lipinski definition) is 7. The second kappa shape index (κ2) is 13.2. The number of aromatic nitrogens is 1. The number of aliphatic hydroxyl groups excluding tert-OH is 1. The molecule has 0 bridgehead atoms. The van der Waals surface area contributed by atoms with Gasteiger partial charge in [0, 0.05) is 49.2 Å². The molecule has 2 aromatic carbocycles. The van der Waals surface area contributed by atoms with Crippen molar-refractivity contribution in [3.05, 3.63) is 101 Å². The van der Waals surface area contributed by atoms with Crippen molar-refractivity contribution in [3.63, 3.8) is 0 Å². The fraction of sp³-hybridized carbons (Fsp3) is 0.303. The number of alkyl halides is 3. The summed E-state index contributed by atoms with van der Waals surface area (Å²) in [7, 11) is 0. The highest BCUT2D eigenvalue weighted by atomic mass is 19.4. The molecule has 1 amide bonds. The van der Waals surface area contributed by atoms with E-state index in [1.165, 1.54) is 30.5 Å². The number of amides is 1. The molecule has 2 heterocycles. The first-order valence-electron chi connectivity index (χ1n) is 14.4. The number of halogens is 4. The molecule has 8 nitrogen and oxygen atoms in total. The number of nitrogens with two attached hydrogens (primary N) is 1.